The monoisotopic (exact) mass is 351 g/mol. The molecule has 2 atom stereocenters. The fourth-order valence-electron chi connectivity index (χ4n) is 2.15. The highest BCUT2D eigenvalue weighted by Crippen LogP contribution is 2.29. The van der Waals surface area contributed by atoms with E-state index < -0.39 is 11.7 Å². The third-order valence-electron chi connectivity index (χ3n) is 3.42. The van der Waals surface area contributed by atoms with Crippen LogP contribution in [0.3, 0.4) is 0 Å². The van der Waals surface area contributed by atoms with E-state index in [0.29, 0.717) is 5.57 Å². The molecular formula is C16H18BrNO3. The van der Waals surface area contributed by atoms with E-state index in [4.69, 9.17) is 10.5 Å². The highest BCUT2D eigenvalue weighted by molar-refractivity contribution is 9.09. The number of ether oxygens (including phenoxy) is 1. The summed E-state index contributed by atoms with van der Waals surface area (Å²) in [6.07, 6.45) is 4.76. The second kappa shape index (κ2) is 7.13. The largest absolute Gasteiger partial charge is 0.362 e. The normalized spacial score (nSPS) is 24.7. The van der Waals surface area contributed by atoms with E-state index >= 15 is 0 Å². The molecule has 4 nitrogen and oxygen atoms in total. The molecule has 112 valence electrons. The minimum atomic E-state index is -1.49. The molecule has 1 aliphatic rings. The number of rotatable bonds is 6. The zero-order chi connectivity index (χ0) is 15.3. The number of carbonyl (C=O) groups excluding carboxylic acids is 1. The van der Waals surface area contributed by atoms with Gasteiger partial charge in [0.05, 0.1) is 11.9 Å². The lowest BCUT2D eigenvalue weighted by molar-refractivity contribution is -0.197. The van der Waals surface area contributed by atoms with Crippen molar-refractivity contribution in [2.75, 3.05) is 11.9 Å². The van der Waals surface area contributed by atoms with Crippen LogP contribution in [0.2, 0.25) is 0 Å². The molecular weight excluding hydrogens is 334 g/mol. The summed E-state index contributed by atoms with van der Waals surface area (Å²) in [6, 6.07) is 9.58. The van der Waals surface area contributed by atoms with Gasteiger partial charge < -0.3 is 15.6 Å². The summed E-state index contributed by atoms with van der Waals surface area (Å²) >= 11 is 3.13. The fraction of sp³-hybridized carbons (Fsp3) is 0.312. The Morgan fingerprint density at radius 3 is 2.71 bits per heavy atom. The first-order valence-electron chi connectivity index (χ1n) is 6.69. The molecule has 0 aromatic heterocycles. The van der Waals surface area contributed by atoms with E-state index in [9.17, 15) is 9.90 Å². The Labute approximate surface area is 132 Å². The van der Waals surface area contributed by atoms with Crippen molar-refractivity contribution in [2.45, 2.75) is 12.4 Å². The molecule has 0 fully saturated rings. The SMILES string of the molecule is NCC1C=C(C(=O)CBr)C=CC1(O)OCc1ccccc1. The van der Waals surface area contributed by atoms with Gasteiger partial charge in [0.25, 0.3) is 0 Å². The number of hydrogen-bond donors (Lipinski definition) is 2. The van der Waals surface area contributed by atoms with Crippen LogP contribution < -0.4 is 5.73 Å². The van der Waals surface area contributed by atoms with Gasteiger partial charge >= 0.3 is 0 Å². The summed E-state index contributed by atoms with van der Waals surface area (Å²) < 4.78 is 5.64. The third kappa shape index (κ3) is 3.89. The van der Waals surface area contributed by atoms with Gasteiger partial charge in [-0.2, -0.15) is 0 Å². The van der Waals surface area contributed by atoms with Crippen LogP contribution in [0.25, 0.3) is 0 Å². The summed E-state index contributed by atoms with van der Waals surface area (Å²) in [7, 11) is 0. The zero-order valence-corrected chi connectivity index (χ0v) is 13.1. The summed E-state index contributed by atoms with van der Waals surface area (Å²) in [4.78, 5) is 11.7. The van der Waals surface area contributed by atoms with Crippen molar-refractivity contribution in [3.8, 4) is 0 Å². The van der Waals surface area contributed by atoms with Crippen molar-refractivity contribution in [1.29, 1.82) is 0 Å². The average molecular weight is 352 g/mol. The average Bonchev–Trinajstić information content (AvgIpc) is 2.53. The Balaban J connectivity index is 2.10. The van der Waals surface area contributed by atoms with Crippen molar-refractivity contribution in [3.63, 3.8) is 0 Å². The van der Waals surface area contributed by atoms with Gasteiger partial charge in [-0.05, 0) is 11.6 Å². The minimum absolute atomic E-state index is 0.0465. The molecule has 5 heteroatoms. The van der Waals surface area contributed by atoms with Crippen LogP contribution in [-0.2, 0) is 16.1 Å². The first-order chi connectivity index (χ1) is 10.1. The topological polar surface area (TPSA) is 72.6 Å². The molecule has 1 aliphatic carbocycles. The lowest BCUT2D eigenvalue weighted by Gasteiger charge is -2.33. The number of aliphatic hydroxyl groups is 1. The van der Waals surface area contributed by atoms with Gasteiger partial charge in [0.15, 0.2) is 11.6 Å². The zero-order valence-electron chi connectivity index (χ0n) is 11.5. The number of hydrogen-bond acceptors (Lipinski definition) is 4. The second-order valence-electron chi connectivity index (χ2n) is 4.88. The Bertz CT molecular complexity index is 556. The Hall–Kier alpha value is -1.27. The van der Waals surface area contributed by atoms with E-state index in [1.165, 1.54) is 6.08 Å². The van der Waals surface area contributed by atoms with Crippen LogP contribution in [-0.4, -0.2) is 28.6 Å². The number of halogens is 1. The predicted molar refractivity (Wildman–Crippen MR) is 84.7 cm³/mol. The third-order valence-corrected chi connectivity index (χ3v) is 3.93. The second-order valence-corrected chi connectivity index (χ2v) is 5.44. The number of allylic oxidation sites excluding steroid dienone is 2. The molecule has 1 aromatic rings. The van der Waals surface area contributed by atoms with E-state index in [2.05, 4.69) is 15.9 Å². The van der Waals surface area contributed by atoms with Gasteiger partial charge in [-0.25, -0.2) is 0 Å². The Morgan fingerprint density at radius 1 is 1.38 bits per heavy atom. The molecule has 0 radical (unpaired) electrons. The van der Waals surface area contributed by atoms with E-state index in [1.54, 1.807) is 12.2 Å². The van der Waals surface area contributed by atoms with Gasteiger partial charge in [0.1, 0.15) is 0 Å². The molecule has 0 saturated heterocycles. The molecule has 0 bridgehead atoms. The Kier molecular flexibility index (Phi) is 5.47. The predicted octanol–water partition coefficient (Wildman–Crippen LogP) is 1.93. The maximum atomic E-state index is 11.7. The van der Waals surface area contributed by atoms with Gasteiger partial charge in [0.2, 0.25) is 0 Å². The molecule has 0 heterocycles. The number of nitrogens with two attached hydrogens (primary N) is 1. The summed E-state index contributed by atoms with van der Waals surface area (Å²) in [6.45, 7) is 0.461. The first kappa shape index (κ1) is 16.1. The highest BCUT2D eigenvalue weighted by atomic mass is 79.9. The van der Waals surface area contributed by atoms with Crippen molar-refractivity contribution in [1.82, 2.24) is 0 Å². The first-order valence-corrected chi connectivity index (χ1v) is 7.81. The number of Topliss-reactive ketones (excluding diaryl/α,β-unsaturated/α-hetero) is 1. The molecule has 21 heavy (non-hydrogen) atoms. The van der Waals surface area contributed by atoms with Crippen molar-refractivity contribution in [3.05, 3.63) is 59.7 Å². The van der Waals surface area contributed by atoms with Crippen molar-refractivity contribution >= 4 is 21.7 Å². The molecule has 0 spiro atoms. The van der Waals surface area contributed by atoms with Crippen LogP contribution in [0, 0.1) is 5.92 Å². The van der Waals surface area contributed by atoms with Crippen LogP contribution in [0.5, 0.6) is 0 Å². The molecule has 0 aliphatic heterocycles. The van der Waals surface area contributed by atoms with Crippen LogP contribution in [0.4, 0.5) is 0 Å². The summed E-state index contributed by atoms with van der Waals surface area (Å²) in [5.41, 5.74) is 7.21. The quantitative estimate of drug-likeness (QED) is 0.606. The van der Waals surface area contributed by atoms with Gasteiger partial charge in [0, 0.05) is 18.0 Å². The standard InChI is InChI=1S/C16H18BrNO3/c17-9-15(19)13-6-7-16(20,14(8-13)10-18)21-11-12-4-2-1-3-5-12/h1-8,14,20H,9-11,18H2. The van der Waals surface area contributed by atoms with E-state index in [0.717, 1.165) is 5.56 Å². The number of carbonyl (C=O) groups is 1. The minimum Gasteiger partial charge on any atom is -0.362 e. The van der Waals surface area contributed by atoms with Crippen molar-refractivity contribution in [2.24, 2.45) is 11.7 Å². The highest BCUT2D eigenvalue weighted by Gasteiger charge is 2.36. The molecule has 0 saturated carbocycles. The lowest BCUT2D eigenvalue weighted by Crippen LogP contribution is -2.43. The lowest BCUT2D eigenvalue weighted by atomic mass is 9.89. The number of alkyl halides is 1. The number of ketones is 1. The maximum absolute atomic E-state index is 11.7. The number of benzene rings is 1. The summed E-state index contributed by atoms with van der Waals surface area (Å²) in [5.74, 6) is -1.99. The smallest absolute Gasteiger partial charge is 0.193 e. The Morgan fingerprint density at radius 2 is 2.10 bits per heavy atom. The van der Waals surface area contributed by atoms with Gasteiger partial charge in [-0.1, -0.05) is 58.4 Å². The van der Waals surface area contributed by atoms with Crippen LogP contribution in [0.15, 0.2) is 54.1 Å². The van der Waals surface area contributed by atoms with Crippen molar-refractivity contribution < 1.29 is 14.6 Å². The molecule has 2 unspecified atom stereocenters. The maximum Gasteiger partial charge on any atom is 0.193 e. The fourth-order valence-corrected chi connectivity index (χ4v) is 2.48. The van der Waals surface area contributed by atoms with E-state index in [1.807, 2.05) is 30.3 Å². The van der Waals surface area contributed by atoms with E-state index in [-0.39, 0.29) is 24.3 Å². The summed E-state index contributed by atoms with van der Waals surface area (Å²) in [5, 5.41) is 10.8. The molecule has 0 amide bonds. The van der Waals surface area contributed by atoms with Crippen LogP contribution in [0.1, 0.15) is 5.56 Å². The molecule has 1 aromatic carbocycles. The molecule has 3 N–H and O–H groups in total. The molecule has 2 rings (SSSR count). The van der Waals surface area contributed by atoms with Gasteiger partial charge in [-0.3, -0.25) is 4.79 Å². The van der Waals surface area contributed by atoms with Gasteiger partial charge in [-0.15, -0.1) is 0 Å². The van der Waals surface area contributed by atoms with Crippen LogP contribution >= 0.6 is 15.9 Å².